The van der Waals surface area contributed by atoms with Crippen molar-refractivity contribution in [2.45, 2.75) is 12.8 Å². The molecule has 0 unspecified atom stereocenters. The molecule has 4 nitrogen and oxygen atoms in total. The number of pyridine rings is 1. The zero-order chi connectivity index (χ0) is 11.6. The molecule has 0 bridgehead atoms. The second kappa shape index (κ2) is 4.17. The first-order valence-corrected chi connectivity index (χ1v) is 5.16. The molecule has 0 radical (unpaired) electrons. The number of hydrogen-bond acceptors (Lipinski definition) is 3. The maximum Gasteiger partial charge on any atom is 0.269 e. The monoisotopic (exact) mass is 224 g/mol. The van der Waals surface area contributed by atoms with E-state index in [4.69, 9.17) is 5.11 Å². The average molecular weight is 224 g/mol. The number of aromatic nitrogens is 1. The first-order valence-electron chi connectivity index (χ1n) is 5.16. The molecule has 1 fully saturated rings. The number of amides is 1. The highest BCUT2D eigenvalue weighted by atomic mass is 19.1. The Morgan fingerprint density at radius 2 is 2.31 bits per heavy atom. The molecule has 1 heterocycles. The molecule has 0 aromatic carbocycles. The van der Waals surface area contributed by atoms with Gasteiger partial charge in [-0.25, -0.2) is 9.37 Å². The number of rotatable bonds is 4. The highest BCUT2D eigenvalue weighted by molar-refractivity contribution is 5.92. The van der Waals surface area contributed by atoms with Crippen LogP contribution < -0.4 is 5.32 Å². The Bertz CT molecular complexity index is 387. The maximum atomic E-state index is 12.6. The van der Waals surface area contributed by atoms with Crippen LogP contribution in [0.3, 0.4) is 0 Å². The van der Waals surface area contributed by atoms with Gasteiger partial charge in [0.2, 0.25) is 0 Å². The summed E-state index contributed by atoms with van der Waals surface area (Å²) in [5.41, 5.74) is 0.0607. The van der Waals surface area contributed by atoms with E-state index < -0.39 is 5.82 Å². The molecule has 86 valence electrons. The molecule has 0 spiro atoms. The van der Waals surface area contributed by atoms with E-state index in [2.05, 4.69) is 10.3 Å². The Morgan fingerprint density at radius 3 is 2.81 bits per heavy atom. The van der Waals surface area contributed by atoms with Crippen LogP contribution in [-0.2, 0) is 0 Å². The predicted octanol–water partition coefficient (Wildman–Crippen LogP) is 0.723. The minimum atomic E-state index is -0.467. The lowest BCUT2D eigenvalue weighted by molar-refractivity contribution is 0.0930. The average Bonchev–Trinajstić information content (AvgIpc) is 3.08. The van der Waals surface area contributed by atoms with E-state index in [9.17, 15) is 9.18 Å². The van der Waals surface area contributed by atoms with E-state index in [1.54, 1.807) is 0 Å². The van der Waals surface area contributed by atoms with Crippen LogP contribution in [0, 0.1) is 11.2 Å². The van der Waals surface area contributed by atoms with Crippen molar-refractivity contribution in [3.8, 4) is 0 Å². The molecule has 0 saturated heterocycles. The van der Waals surface area contributed by atoms with Gasteiger partial charge in [0.15, 0.2) is 0 Å². The number of carbonyl (C=O) groups is 1. The molecule has 1 saturated carbocycles. The molecule has 2 rings (SSSR count). The number of hydrogen-bond donors (Lipinski definition) is 2. The van der Waals surface area contributed by atoms with E-state index in [0.29, 0.717) is 6.54 Å². The third-order valence-corrected chi connectivity index (χ3v) is 2.88. The predicted molar refractivity (Wildman–Crippen MR) is 55.3 cm³/mol. The minimum absolute atomic E-state index is 0.0874. The van der Waals surface area contributed by atoms with Gasteiger partial charge in [-0.2, -0.15) is 0 Å². The van der Waals surface area contributed by atoms with Crippen molar-refractivity contribution in [2.75, 3.05) is 13.2 Å². The van der Waals surface area contributed by atoms with Gasteiger partial charge in [0.05, 0.1) is 12.8 Å². The summed E-state index contributed by atoms with van der Waals surface area (Å²) < 4.78 is 12.6. The topological polar surface area (TPSA) is 62.2 Å². The summed E-state index contributed by atoms with van der Waals surface area (Å²) in [6.07, 6.45) is 2.87. The number of aliphatic hydroxyl groups excluding tert-OH is 1. The molecule has 1 aliphatic carbocycles. The fraction of sp³-hybridized carbons (Fsp3) is 0.455. The Balaban J connectivity index is 1.91. The zero-order valence-electron chi connectivity index (χ0n) is 8.74. The molecular formula is C11H13FN2O2. The van der Waals surface area contributed by atoms with Crippen molar-refractivity contribution in [1.29, 1.82) is 0 Å². The standard InChI is InChI=1S/C11H13FN2O2/c12-8-1-2-9(13-5-8)10(16)14-6-11(7-15)3-4-11/h1-2,5,15H,3-4,6-7H2,(H,14,16). The van der Waals surface area contributed by atoms with Crippen molar-refractivity contribution in [2.24, 2.45) is 5.41 Å². The van der Waals surface area contributed by atoms with Crippen LogP contribution in [0.4, 0.5) is 4.39 Å². The van der Waals surface area contributed by atoms with Crippen molar-refractivity contribution in [1.82, 2.24) is 10.3 Å². The number of nitrogens with one attached hydrogen (secondary N) is 1. The highest BCUT2D eigenvalue weighted by Gasteiger charge is 2.42. The van der Waals surface area contributed by atoms with E-state index in [1.165, 1.54) is 12.1 Å². The van der Waals surface area contributed by atoms with Gasteiger partial charge in [-0.1, -0.05) is 0 Å². The van der Waals surface area contributed by atoms with Crippen LogP contribution in [0.1, 0.15) is 23.3 Å². The van der Waals surface area contributed by atoms with Gasteiger partial charge in [0.1, 0.15) is 11.5 Å². The van der Waals surface area contributed by atoms with Gasteiger partial charge < -0.3 is 10.4 Å². The molecule has 0 atom stereocenters. The number of halogens is 1. The summed E-state index contributed by atoms with van der Waals surface area (Å²) >= 11 is 0. The second-order valence-corrected chi connectivity index (χ2v) is 4.20. The third-order valence-electron chi connectivity index (χ3n) is 2.88. The molecule has 1 aromatic rings. The van der Waals surface area contributed by atoms with Crippen molar-refractivity contribution in [3.63, 3.8) is 0 Å². The van der Waals surface area contributed by atoms with Crippen LogP contribution in [-0.4, -0.2) is 29.1 Å². The summed E-state index contributed by atoms with van der Waals surface area (Å²) in [5, 5.41) is 11.7. The number of carbonyl (C=O) groups excluding carboxylic acids is 1. The molecule has 1 aromatic heterocycles. The lowest BCUT2D eigenvalue weighted by Crippen LogP contribution is -2.32. The summed E-state index contributed by atoms with van der Waals surface area (Å²) in [6, 6.07) is 2.53. The van der Waals surface area contributed by atoms with Crippen LogP contribution in [0.25, 0.3) is 0 Å². The lowest BCUT2D eigenvalue weighted by Gasteiger charge is -2.12. The van der Waals surface area contributed by atoms with E-state index in [0.717, 1.165) is 19.0 Å². The van der Waals surface area contributed by atoms with Crippen molar-refractivity contribution < 1.29 is 14.3 Å². The van der Waals surface area contributed by atoms with Gasteiger partial charge in [-0.3, -0.25) is 4.79 Å². The van der Waals surface area contributed by atoms with Crippen LogP contribution in [0.15, 0.2) is 18.3 Å². The number of nitrogens with zero attached hydrogens (tertiary/aromatic N) is 1. The van der Waals surface area contributed by atoms with Crippen LogP contribution in [0.2, 0.25) is 0 Å². The molecule has 1 amide bonds. The fourth-order valence-corrected chi connectivity index (χ4v) is 1.44. The van der Waals surface area contributed by atoms with Gasteiger partial charge in [-0.15, -0.1) is 0 Å². The fourth-order valence-electron chi connectivity index (χ4n) is 1.44. The van der Waals surface area contributed by atoms with Crippen molar-refractivity contribution >= 4 is 5.91 Å². The SMILES string of the molecule is O=C(NCC1(CO)CC1)c1ccc(F)cn1. The largest absolute Gasteiger partial charge is 0.396 e. The summed E-state index contributed by atoms with van der Waals surface area (Å²) in [5.74, 6) is -0.801. The van der Waals surface area contributed by atoms with E-state index >= 15 is 0 Å². The number of aliphatic hydroxyl groups is 1. The Labute approximate surface area is 92.5 Å². The minimum Gasteiger partial charge on any atom is -0.396 e. The third kappa shape index (κ3) is 2.36. The van der Waals surface area contributed by atoms with Gasteiger partial charge in [0.25, 0.3) is 5.91 Å². The first kappa shape index (κ1) is 11.0. The van der Waals surface area contributed by atoms with E-state index in [-0.39, 0.29) is 23.6 Å². The quantitative estimate of drug-likeness (QED) is 0.792. The van der Waals surface area contributed by atoms with Gasteiger partial charge in [-0.05, 0) is 25.0 Å². The molecule has 16 heavy (non-hydrogen) atoms. The smallest absolute Gasteiger partial charge is 0.269 e. The van der Waals surface area contributed by atoms with Crippen LogP contribution >= 0.6 is 0 Å². The molecule has 0 aliphatic heterocycles. The van der Waals surface area contributed by atoms with Gasteiger partial charge in [0, 0.05) is 12.0 Å². The molecule has 5 heteroatoms. The maximum absolute atomic E-state index is 12.6. The summed E-state index contributed by atoms with van der Waals surface area (Å²) in [6.45, 7) is 0.533. The first-order chi connectivity index (χ1) is 7.65. The van der Waals surface area contributed by atoms with Crippen LogP contribution in [0.5, 0.6) is 0 Å². The molecule has 2 N–H and O–H groups in total. The Hall–Kier alpha value is -1.49. The highest BCUT2D eigenvalue weighted by Crippen LogP contribution is 2.44. The normalized spacial score (nSPS) is 16.9. The van der Waals surface area contributed by atoms with Gasteiger partial charge >= 0.3 is 0 Å². The molecular weight excluding hydrogens is 211 g/mol. The summed E-state index contributed by atoms with van der Waals surface area (Å²) in [7, 11) is 0. The Morgan fingerprint density at radius 1 is 1.56 bits per heavy atom. The summed E-state index contributed by atoms with van der Waals surface area (Å²) in [4.78, 5) is 15.2. The zero-order valence-corrected chi connectivity index (χ0v) is 8.74. The van der Waals surface area contributed by atoms with E-state index in [1.807, 2.05) is 0 Å². The van der Waals surface area contributed by atoms with Crippen molar-refractivity contribution in [3.05, 3.63) is 29.8 Å². The lowest BCUT2D eigenvalue weighted by atomic mass is 10.1. The second-order valence-electron chi connectivity index (χ2n) is 4.20. The Kier molecular flexibility index (Phi) is 2.87. The molecule has 1 aliphatic rings.